The first-order valence-electron chi connectivity index (χ1n) is 7.87. The molecule has 0 aliphatic heterocycles. The second kappa shape index (κ2) is 6.57. The van der Waals surface area contributed by atoms with Gasteiger partial charge < -0.3 is 0 Å². The van der Waals surface area contributed by atoms with Crippen LogP contribution in [0.4, 0.5) is 0 Å². The number of aromatic nitrogens is 2. The Bertz CT molecular complexity index is 607. The topological polar surface area (TPSA) is 25.8 Å². The molecule has 0 saturated carbocycles. The zero-order valence-corrected chi connectivity index (χ0v) is 13.2. The fraction of sp³-hybridized carbons (Fsp3) is 0.444. The third kappa shape index (κ3) is 3.44. The van der Waals surface area contributed by atoms with E-state index in [0.717, 1.165) is 35.2 Å². The normalized spacial score (nSPS) is 17.5. The van der Waals surface area contributed by atoms with Crippen molar-refractivity contribution < 1.29 is 0 Å². The van der Waals surface area contributed by atoms with Crippen LogP contribution >= 0.6 is 11.6 Å². The lowest BCUT2D eigenvalue weighted by molar-refractivity contribution is 0.408. The van der Waals surface area contributed by atoms with Crippen molar-refractivity contribution in [3.63, 3.8) is 0 Å². The lowest BCUT2D eigenvalue weighted by Gasteiger charge is -2.23. The summed E-state index contributed by atoms with van der Waals surface area (Å²) in [5.41, 5.74) is 3.62. The minimum Gasteiger partial charge on any atom is -0.236 e. The molecule has 21 heavy (non-hydrogen) atoms. The van der Waals surface area contributed by atoms with Crippen molar-refractivity contribution in [2.75, 3.05) is 0 Å². The molecule has 0 bridgehead atoms. The number of fused-ring (bicyclic) bond motifs is 1. The highest BCUT2D eigenvalue weighted by Crippen LogP contribution is 2.29. The maximum Gasteiger partial charge on any atom is 0.159 e. The molecule has 1 aromatic heterocycles. The smallest absolute Gasteiger partial charge is 0.159 e. The largest absolute Gasteiger partial charge is 0.236 e. The zero-order chi connectivity index (χ0) is 14.7. The number of nitrogens with zero attached hydrogens (tertiary/aromatic N) is 2. The summed E-state index contributed by atoms with van der Waals surface area (Å²) in [6.07, 6.45) is 9.51. The summed E-state index contributed by atoms with van der Waals surface area (Å²) in [5.74, 6) is 1.64. The van der Waals surface area contributed by atoms with E-state index < -0.39 is 0 Å². The van der Waals surface area contributed by atoms with Gasteiger partial charge in [0.2, 0.25) is 0 Å². The number of unbranched alkanes of at least 4 members (excludes halogenated alkanes) is 1. The lowest BCUT2D eigenvalue weighted by Crippen LogP contribution is -2.16. The van der Waals surface area contributed by atoms with Crippen LogP contribution in [-0.4, -0.2) is 9.97 Å². The van der Waals surface area contributed by atoms with Crippen molar-refractivity contribution in [3.8, 4) is 11.4 Å². The summed E-state index contributed by atoms with van der Waals surface area (Å²) in [5, 5.41) is 0.746. The van der Waals surface area contributed by atoms with Gasteiger partial charge in [0.05, 0.1) is 0 Å². The van der Waals surface area contributed by atoms with E-state index in [-0.39, 0.29) is 0 Å². The number of hydrogen-bond acceptors (Lipinski definition) is 2. The molecule has 110 valence electrons. The quantitative estimate of drug-likeness (QED) is 0.786. The van der Waals surface area contributed by atoms with Crippen LogP contribution in [0.5, 0.6) is 0 Å². The van der Waals surface area contributed by atoms with Crippen LogP contribution < -0.4 is 0 Å². The summed E-state index contributed by atoms with van der Waals surface area (Å²) in [6, 6.07) is 7.74. The molecule has 1 atom stereocenters. The molecular weight excluding hydrogens is 280 g/mol. The first kappa shape index (κ1) is 14.5. The number of aryl methyl sites for hydroxylation is 1. The third-order valence-corrected chi connectivity index (χ3v) is 4.57. The molecule has 0 amide bonds. The highest BCUT2D eigenvalue weighted by molar-refractivity contribution is 6.30. The van der Waals surface area contributed by atoms with E-state index >= 15 is 0 Å². The van der Waals surface area contributed by atoms with Crippen LogP contribution in [0.15, 0.2) is 30.5 Å². The third-order valence-electron chi connectivity index (χ3n) is 4.32. The average molecular weight is 301 g/mol. The Morgan fingerprint density at radius 2 is 2.05 bits per heavy atom. The summed E-state index contributed by atoms with van der Waals surface area (Å²) in [4.78, 5) is 9.33. The van der Waals surface area contributed by atoms with Gasteiger partial charge in [-0.3, -0.25) is 0 Å². The van der Waals surface area contributed by atoms with Crippen LogP contribution in [0, 0.1) is 5.92 Å². The minimum atomic E-state index is 0.746. The van der Waals surface area contributed by atoms with E-state index in [1.54, 1.807) is 0 Å². The van der Waals surface area contributed by atoms with Gasteiger partial charge in [-0.05, 0) is 55.0 Å². The Hall–Kier alpha value is -1.41. The highest BCUT2D eigenvalue weighted by atomic mass is 35.5. The van der Waals surface area contributed by atoms with Gasteiger partial charge in [0.25, 0.3) is 0 Å². The first-order chi connectivity index (χ1) is 10.3. The maximum absolute atomic E-state index is 5.93. The van der Waals surface area contributed by atoms with E-state index in [1.807, 2.05) is 30.5 Å². The molecule has 0 fully saturated rings. The predicted molar refractivity (Wildman–Crippen MR) is 87.5 cm³/mol. The molecule has 2 nitrogen and oxygen atoms in total. The van der Waals surface area contributed by atoms with Crippen LogP contribution in [0.25, 0.3) is 11.4 Å². The van der Waals surface area contributed by atoms with Crippen LogP contribution in [0.3, 0.4) is 0 Å². The summed E-state index contributed by atoms with van der Waals surface area (Å²) < 4.78 is 0. The molecule has 1 heterocycles. The Labute approximate surface area is 131 Å². The van der Waals surface area contributed by atoms with E-state index in [4.69, 9.17) is 16.6 Å². The molecule has 1 aromatic carbocycles. The van der Waals surface area contributed by atoms with Gasteiger partial charge in [-0.2, -0.15) is 0 Å². The van der Waals surface area contributed by atoms with E-state index in [9.17, 15) is 0 Å². The maximum atomic E-state index is 5.93. The Kier molecular flexibility index (Phi) is 4.54. The van der Waals surface area contributed by atoms with Crippen LogP contribution in [0.1, 0.15) is 43.9 Å². The number of hydrogen-bond donors (Lipinski definition) is 0. The van der Waals surface area contributed by atoms with Crippen LogP contribution in [-0.2, 0) is 12.8 Å². The summed E-state index contributed by atoms with van der Waals surface area (Å²) in [6.45, 7) is 2.26. The molecule has 0 N–H and O–H groups in total. The Morgan fingerprint density at radius 1 is 1.24 bits per heavy atom. The van der Waals surface area contributed by atoms with Gasteiger partial charge in [0.1, 0.15) is 0 Å². The second-order valence-electron chi connectivity index (χ2n) is 5.92. The first-order valence-corrected chi connectivity index (χ1v) is 8.24. The lowest BCUT2D eigenvalue weighted by atomic mass is 9.84. The van der Waals surface area contributed by atoms with Crippen molar-refractivity contribution in [1.29, 1.82) is 0 Å². The molecule has 3 rings (SSSR count). The molecule has 0 spiro atoms. The molecular formula is C18H21ClN2. The minimum absolute atomic E-state index is 0.746. The van der Waals surface area contributed by atoms with Crippen molar-refractivity contribution in [3.05, 3.63) is 46.7 Å². The van der Waals surface area contributed by atoms with Crippen molar-refractivity contribution >= 4 is 11.6 Å². The van der Waals surface area contributed by atoms with Gasteiger partial charge in [0, 0.05) is 22.5 Å². The van der Waals surface area contributed by atoms with Gasteiger partial charge in [-0.1, -0.05) is 37.8 Å². The molecule has 2 aromatic rings. The predicted octanol–water partition coefficient (Wildman–Crippen LogP) is 5.09. The summed E-state index contributed by atoms with van der Waals surface area (Å²) >= 11 is 5.93. The van der Waals surface area contributed by atoms with Crippen molar-refractivity contribution in [2.24, 2.45) is 5.92 Å². The van der Waals surface area contributed by atoms with Crippen LogP contribution in [0.2, 0.25) is 5.02 Å². The second-order valence-corrected chi connectivity index (χ2v) is 6.36. The average Bonchev–Trinajstić information content (AvgIpc) is 2.53. The molecule has 1 aliphatic rings. The molecule has 0 radical (unpaired) electrons. The molecule has 0 saturated heterocycles. The zero-order valence-electron chi connectivity index (χ0n) is 12.5. The number of benzene rings is 1. The van der Waals surface area contributed by atoms with Gasteiger partial charge in [0.15, 0.2) is 5.82 Å². The van der Waals surface area contributed by atoms with Gasteiger partial charge >= 0.3 is 0 Å². The van der Waals surface area contributed by atoms with E-state index in [0.29, 0.717) is 0 Å². The Morgan fingerprint density at radius 3 is 2.81 bits per heavy atom. The summed E-state index contributed by atoms with van der Waals surface area (Å²) in [7, 11) is 0. The number of rotatable bonds is 4. The molecule has 1 unspecified atom stereocenters. The number of halogens is 1. The van der Waals surface area contributed by atoms with E-state index in [1.165, 1.54) is 36.9 Å². The van der Waals surface area contributed by atoms with Crippen molar-refractivity contribution in [1.82, 2.24) is 9.97 Å². The SMILES string of the molecule is CCCCC1CCc2nc(-c3ccc(Cl)cc3)ncc2C1. The van der Waals surface area contributed by atoms with Gasteiger partial charge in [-0.15, -0.1) is 0 Å². The van der Waals surface area contributed by atoms with E-state index in [2.05, 4.69) is 11.9 Å². The van der Waals surface area contributed by atoms with Gasteiger partial charge in [-0.25, -0.2) is 9.97 Å². The fourth-order valence-corrected chi connectivity index (χ4v) is 3.19. The van der Waals surface area contributed by atoms with Crippen molar-refractivity contribution in [2.45, 2.75) is 45.4 Å². The standard InChI is InChI=1S/C18H21ClN2/c1-2-3-4-13-5-10-17-15(11-13)12-20-18(21-17)14-6-8-16(19)9-7-14/h6-9,12-13H,2-5,10-11H2,1H3. The molecule has 1 aliphatic carbocycles. The fourth-order valence-electron chi connectivity index (χ4n) is 3.06. The molecule has 3 heteroatoms. The highest BCUT2D eigenvalue weighted by Gasteiger charge is 2.20. The Balaban J connectivity index is 1.78. The monoisotopic (exact) mass is 300 g/mol.